The van der Waals surface area contributed by atoms with Crippen LogP contribution in [0.5, 0.6) is 0 Å². The minimum Gasteiger partial charge on any atom is -0.432 e. The Morgan fingerprint density at radius 2 is 2.16 bits per heavy atom. The van der Waals surface area contributed by atoms with Gasteiger partial charge in [0, 0.05) is 13.0 Å². The fourth-order valence-corrected chi connectivity index (χ4v) is 1.98. The molecule has 19 heavy (non-hydrogen) atoms. The highest BCUT2D eigenvalue weighted by Crippen LogP contribution is 2.12. The lowest BCUT2D eigenvalue weighted by Gasteiger charge is -1.98. The zero-order chi connectivity index (χ0) is 13.1. The van der Waals surface area contributed by atoms with Gasteiger partial charge in [0.1, 0.15) is 12.1 Å². The second-order valence-electron chi connectivity index (χ2n) is 4.16. The summed E-state index contributed by atoms with van der Waals surface area (Å²) in [6.07, 6.45) is 2.32. The summed E-state index contributed by atoms with van der Waals surface area (Å²) >= 11 is 5.65. The second-order valence-corrected chi connectivity index (χ2v) is 4.42. The van der Waals surface area contributed by atoms with Crippen LogP contribution in [0.4, 0.5) is 6.01 Å². The van der Waals surface area contributed by atoms with E-state index in [9.17, 15) is 0 Å². The zero-order valence-corrected chi connectivity index (χ0v) is 10.9. The largest absolute Gasteiger partial charge is 0.432 e. The number of fused-ring (bicyclic) bond motifs is 1. The quantitative estimate of drug-likeness (QED) is 0.703. The molecule has 2 heterocycles. The average Bonchev–Trinajstić information content (AvgIpc) is 3.04. The van der Waals surface area contributed by atoms with E-state index >= 15 is 0 Å². The van der Waals surface area contributed by atoms with Crippen molar-refractivity contribution < 1.29 is 4.42 Å². The van der Waals surface area contributed by atoms with Crippen molar-refractivity contribution in [3.8, 4) is 0 Å². The van der Waals surface area contributed by atoms with Crippen molar-refractivity contribution in [2.45, 2.75) is 12.3 Å². The molecule has 0 aliphatic rings. The Kier molecular flexibility index (Phi) is 3.37. The number of aromatic amines is 1. The number of para-hydroxylation sites is 2. The average molecular weight is 277 g/mol. The van der Waals surface area contributed by atoms with Crippen molar-refractivity contribution in [2.24, 2.45) is 0 Å². The molecule has 3 aromatic rings. The lowest BCUT2D eigenvalue weighted by atomic mass is 10.3. The monoisotopic (exact) mass is 276 g/mol. The molecule has 3 rings (SSSR count). The van der Waals surface area contributed by atoms with Crippen LogP contribution in [0.2, 0.25) is 0 Å². The van der Waals surface area contributed by atoms with Crippen molar-refractivity contribution in [1.29, 1.82) is 0 Å². The number of aromatic nitrogens is 3. The van der Waals surface area contributed by atoms with Crippen molar-refractivity contribution >= 4 is 28.6 Å². The molecule has 98 valence electrons. The van der Waals surface area contributed by atoms with Crippen LogP contribution in [0, 0.1) is 0 Å². The van der Waals surface area contributed by atoms with Gasteiger partial charge >= 0.3 is 0 Å². The molecule has 0 aliphatic heterocycles. The van der Waals surface area contributed by atoms with E-state index in [0.29, 0.717) is 18.4 Å². The van der Waals surface area contributed by atoms with E-state index in [1.165, 1.54) is 0 Å². The number of imidazole rings is 1. The van der Waals surface area contributed by atoms with Gasteiger partial charge in [-0.05, 0) is 12.1 Å². The Bertz CT molecular complexity index is 643. The molecular formula is C13H13ClN4O. The minimum atomic E-state index is 0.356. The summed E-state index contributed by atoms with van der Waals surface area (Å²) in [4.78, 5) is 11.9. The van der Waals surface area contributed by atoms with E-state index in [1.807, 2.05) is 24.3 Å². The Labute approximate surface area is 115 Å². The predicted octanol–water partition coefficient (Wildman–Crippen LogP) is 2.94. The third-order valence-electron chi connectivity index (χ3n) is 2.77. The first-order chi connectivity index (χ1) is 9.35. The van der Waals surface area contributed by atoms with E-state index in [1.54, 1.807) is 6.26 Å². The van der Waals surface area contributed by atoms with Crippen molar-refractivity contribution in [3.63, 3.8) is 0 Å². The molecule has 0 atom stereocenters. The number of alkyl halides is 1. The maximum Gasteiger partial charge on any atom is 0.294 e. The molecule has 0 spiro atoms. The van der Waals surface area contributed by atoms with Gasteiger partial charge < -0.3 is 14.7 Å². The number of benzene rings is 1. The van der Waals surface area contributed by atoms with Crippen molar-refractivity contribution in [3.05, 3.63) is 42.0 Å². The molecule has 0 amide bonds. The normalized spacial score (nSPS) is 11.0. The van der Waals surface area contributed by atoms with Crippen LogP contribution in [0.1, 0.15) is 11.5 Å². The Morgan fingerprint density at radius 3 is 2.95 bits per heavy atom. The van der Waals surface area contributed by atoms with E-state index in [-0.39, 0.29) is 0 Å². The highest BCUT2D eigenvalue weighted by atomic mass is 35.5. The lowest BCUT2D eigenvalue weighted by molar-refractivity contribution is 0.569. The summed E-state index contributed by atoms with van der Waals surface area (Å²) in [6, 6.07) is 8.46. The third-order valence-corrected chi connectivity index (χ3v) is 3.04. The van der Waals surface area contributed by atoms with Gasteiger partial charge in [-0.2, -0.15) is 4.98 Å². The summed E-state index contributed by atoms with van der Waals surface area (Å²) in [5, 5.41) is 3.10. The Hall–Kier alpha value is -2.01. The number of hydrogen-bond donors (Lipinski definition) is 2. The van der Waals surface area contributed by atoms with Crippen LogP contribution in [-0.4, -0.2) is 21.5 Å². The molecule has 0 aliphatic carbocycles. The zero-order valence-electron chi connectivity index (χ0n) is 10.2. The number of oxazole rings is 1. The number of halogens is 1. The first-order valence-corrected chi connectivity index (χ1v) is 6.56. The first kappa shape index (κ1) is 12.0. The Morgan fingerprint density at radius 1 is 1.26 bits per heavy atom. The fraction of sp³-hybridized carbons (Fsp3) is 0.231. The van der Waals surface area contributed by atoms with Crippen LogP contribution in [0.3, 0.4) is 0 Å². The Balaban J connectivity index is 1.59. The summed E-state index contributed by atoms with van der Waals surface area (Å²) in [5.74, 6) is 1.30. The standard InChI is InChI=1S/C13H13ClN4O/c14-7-9-8-19-13(16-9)15-6-5-12-17-10-3-1-2-4-11(10)18-12/h1-4,8H,5-7H2,(H,15,16)(H,17,18). The number of H-pyrrole nitrogens is 1. The lowest BCUT2D eigenvalue weighted by Crippen LogP contribution is -2.06. The molecule has 0 saturated carbocycles. The van der Waals surface area contributed by atoms with Gasteiger partial charge in [0.05, 0.1) is 22.6 Å². The van der Waals surface area contributed by atoms with E-state index in [4.69, 9.17) is 16.0 Å². The minimum absolute atomic E-state index is 0.356. The van der Waals surface area contributed by atoms with Gasteiger partial charge in [-0.25, -0.2) is 4.98 Å². The molecule has 2 N–H and O–H groups in total. The molecule has 6 heteroatoms. The molecule has 0 bridgehead atoms. The van der Waals surface area contributed by atoms with Gasteiger partial charge in [-0.15, -0.1) is 11.6 Å². The maximum absolute atomic E-state index is 5.65. The van der Waals surface area contributed by atoms with Crippen LogP contribution in [0.15, 0.2) is 34.9 Å². The second kappa shape index (κ2) is 5.32. The molecule has 0 radical (unpaired) electrons. The van der Waals surface area contributed by atoms with E-state index in [2.05, 4.69) is 20.3 Å². The van der Waals surface area contributed by atoms with Gasteiger partial charge in [0.2, 0.25) is 0 Å². The summed E-state index contributed by atoms with van der Waals surface area (Å²) in [6.45, 7) is 0.696. The number of anilines is 1. The third kappa shape index (κ3) is 2.71. The smallest absolute Gasteiger partial charge is 0.294 e. The number of nitrogens with one attached hydrogen (secondary N) is 2. The van der Waals surface area contributed by atoms with Crippen LogP contribution in [-0.2, 0) is 12.3 Å². The molecular weight excluding hydrogens is 264 g/mol. The predicted molar refractivity (Wildman–Crippen MR) is 74.3 cm³/mol. The summed E-state index contributed by atoms with van der Waals surface area (Å²) < 4.78 is 5.22. The molecule has 0 unspecified atom stereocenters. The number of nitrogens with zero attached hydrogens (tertiary/aromatic N) is 2. The molecule has 1 aromatic carbocycles. The van der Waals surface area contributed by atoms with Gasteiger partial charge in [0.25, 0.3) is 6.01 Å². The van der Waals surface area contributed by atoms with Gasteiger partial charge in [-0.1, -0.05) is 12.1 Å². The van der Waals surface area contributed by atoms with Crippen LogP contribution in [0.25, 0.3) is 11.0 Å². The van der Waals surface area contributed by atoms with E-state index in [0.717, 1.165) is 29.0 Å². The summed E-state index contributed by atoms with van der Waals surface area (Å²) in [5.41, 5.74) is 2.77. The molecule has 0 saturated heterocycles. The van der Waals surface area contributed by atoms with Crippen molar-refractivity contribution in [2.75, 3.05) is 11.9 Å². The molecule has 2 aromatic heterocycles. The fourth-order valence-electron chi connectivity index (χ4n) is 1.86. The molecule has 0 fully saturated rings. The van der Waals surface area contributed by atoms with Crippen LogP contribution < -0.4 is 5.32 Å². The van der Waals surface area contributed by atoms with Crippen molar-refractivity contribution in [1.82, 2.24) is 15.0 Å². The first-order valence-electron chi connectivity index (χ1n) is 6.03. The number of rotatable bonds is 5. The highest BCUT2D eigenvalue weighted by Gasteiger charge is 2.04. The van der Waals surface area contributed by atoms with E-state index < -0.39 is 0 Å². The van der Waals surface area contributed by atoms with Gasteiger partial charge in [0.15, 0.2) is 0 Å². The number of hydrogen-bond acceptors (Lipinski definition) is 4. The highest BCUT2D eigenvalue weighted by molar-refractivity contribution is 6.16. The SMILES string of the molecule is ClCc1coc(NCCc2nc3ccccc3[nH]2)n1. The summed E-state index contributed by atoms with van der Waals surface area (Å²) in [7, 11) is 0. The molecule has 5 nitrogen and oxygen atoms in total. The topological polar surface area (TPSA) is 66.7 Å². The maximum atomic E-state index is 5.65. The van der Waals surface area contributed by atoms with Gasteiger partial charge in [-0.3, -0.25) is 0 Å². The van der Waals surface area contributed by atoms with Crippen LogP contribution >= 0.6 is 11.6 Å².